The van der Waals surface area contributed by atoms with Crippen LogP contribution in [0.1, 0.15) is 98.5 Å². The maximum atomic E-state index is 13.1. The quantitative estimate of drug-likeness (QED) is 0.129. The van der Waals surface area contributed by atoms with Crippen LogP contribution in [0.3, 0.4) is 0 Å². The topological polar surface area (TPSA) is 106 Å². The van der Waals surface area contributed by atoms with Gasteiger partial charge in [0.15, 0.2) is 0 Å². The van der Waals surface area contributed by atoms with Gasteiger partial charge in [-0.2, -0.15) is 0 Å². The Kier molecular flexibility index (Phi) is 10.6. The predicted octanol–water partition coefficient (Wildman–Crippen LogP) is 10.6. The summed E-state index contributed by atoms with van der Waals surface area (Å²) >= 11 is 7.93. The van der Waals surface area contributed by atoms with Gasteiger partial charge in [0.1, 0.15) is 29.5 Å². The molecule has 2 N–H and O–H groups in total. The molecule has 0 saturated heterocycles. The maximum Gasteiger partial charge on any atom is 0.329 e. The molecule has 0 amide bonds. The van der Waals surface area contributed by atoms with Crippen LogP contribution in [0.15, 0.2) is 78.4 Å². The second-order valence-corrected chi connectivity index (χ2v) is 17.5. The fourth-order valence-electron chi connectivity index (χ4n) is 9.52. The Hall–Kier alpha value is -4.47. The summed E-state index contributed by atoms with van der Waals surface area (Å²) in [6.07, 6.45) is 11.6. The molecule has 0 bridgehead atoms. The Morgan fingerprint density at radius 2 is 1.89 bits per heavy atom. The van der Waals surface area contributed by atoms with Crippen molar-refractivity contribution in [2.45, 2.75) is 102 Å². The Morgan fingerprint density at radius 1 is 1.05 bits per heavy atom. The molecule has 3 aliphatic carbocycles. The zero-order valence-corrected chi connectivity index (χ0v) is 33.4. The number of anilines is 1. The summed E-state index contributed by atoms with van der Waals surface area (Å²) < 4.78 is 13.0. The number of pyridine rings is 1. The number of carboxylic acids is 1. The number of nitrogens with one attached hydrogen (secondary N) is 1. The standard InChI is InChI=1S/C45H49ClN4O4S/c1-28(25-54-40-13-19-48-39-9-4-6-29(2)42(39)40)20-33-22-32-11-10-31(26-53-36-24-41(55-27-36)38-12-18-47-30(3)49-38)21-37(32)44(33)14-16-45(17-15-44,43(51)52)50-35-8-5-7-34(46)23-35/h5,7-8,10-13,18-19,21,23-24,27-29,33,50H,4,6,9,14-17,20,22,25-26H2,1-3H3,(H,51,52)/t28-,29-,33?,44?,45?/m1/s1. The van der Waals surface area contributed by atoms with Crippen LogP contribution < -0.4 is 14.8 Å². The van der Waals surface area contributed by atoms with E-state index in [0.29, 0.717) is 48.8 Å². The van der Waals surface area contributed by atoms with Gasteiger partial charge >= 0.3 is 5.97 Å². The van der Waals surface area contributed by atoms with Crippen molar-refractivity contribution in [2.24, 2.45) is 11.8 Å². The van der Waals surface area contributed by atoms with Gasteiger partial charge in [-0.25, -0.2) is 14.8 Å². The van der Waals surface area contributed by atoms with Crippen LogP contribution >= 0.6 is 22.9 Å². The van der Waals surface area contributed by atoms with Crippen LogP contribution in [-0.4, -0.2) is 38.2 Å². The van der Waals surface area contributed by atoms with E-state index in [9.17, 15) is 9.90 Å². The van der Waals surface area contributed by atoms with Gasteiger partial charge in [0.05, 0.1) is 17.2 Å². The van der Waals surface area contributed by atoms with E-state index in [1.165, 1.54) is 35.2 Å². The molecule has 3 heterocycles. The van der Waals surface area contributed by atoms with Crippen molar-refractivity contribution in [3.63, 3.8) is 0 Å². The number of hydrogen-bond acceptors (Lipinski definition) is 8. The zero-order valence-electron chi connectivity index (χ0n) is 31.8. The van der Waals surface area contributed by atoms with E-state index < -0.39 is 11.5 Å². The molecule has 55 heavy (non-hydrogen) atoms. The van der Waals surface area contributed by atoms with Crippen molar-refractivity contribution in [1.82, 2.24) is 15.0 Å². The highest BCUT2D eigenvalue weighted by Crippen LogP contribution is 2.56. The van der Waals surface area contributed by atoms with Crippen LogP contribution in [0.25, 0.3) is 10.6 Å². The first-order chi connectivity index (χ1) is 26.6. The number of benzene rings is 2. The average Bonchev–Trinajstić information content (AvgIpc) is 3.77. The smallest absolute Gasteiger partial charge is 0.329 e. The third-order valence-electron chi connectivity index (χ3n) is 12.4. The van der Waals surface area contributed by atoms with Crippen LogP contribution in [-0.2, 0) is 29.7 Å². The number of carbonyl (C=O) groups is 1. The third kappa shape index (κ3) is 7.70. The summed E-state index contributed by atoms with van der Waals surface area (Å²) in [5, 5.41) is 16.7. The lowest BCUT2D eigenvalue weighted by atomic mass is 9.59. The number of aliphatic carboxylic acids is 1. The van der Waals surface area contributed by atoms with Crippen molar-refractivity contribution in [3.05, 3.63) is 117 Å². The number of nitrogens with zero attached hydrogens (tertiary/aromatic N) is 3. The van der Waals surface area contributed by atoms with Gasteiger partial charge in [-0.1, -0.05) is 49.7 Å². The van der Waals surface area contributed by atoms with E-state index in [1.54, 1.807) is 17.5 Å². The number of fused-ring (bicyclic) bond motifs is 3. The molecule has 1 spiro atoms. The summed E-state index contributed by atoms with van der Waals surface area (Å²) in [5.74, 6) is 2.85. The molecule has 0 radical (unpaired) electrons. The summed E-state index contributed by atoms with van der Waals surface area (Å²) in [5.41, 5.74) is 6.70. The van der Waals surface area contributed by atoms with E-state index in [1.807, 2.05) is 61.0 Å². The molecule has 3 aromatic heterocycles. The minimum atomic E-state index is -1.07. The summed E-state index contributed by atoms with van der Waals surface area (Å²) in [7, 11) is 0. The van der Waals surface area contributed by atoms with E-state index in [0.717, 1.165) is 71.2 Å². The van der Waals surface area contributed by atoms with E-state index in [-0.39, 0.29) is 5.41 Å². The minimum absolute atomic E-state index is 0.153. The molecule has 8 rings (SSSR count). The largest absolute Gasteiger partial charge is 0.493 e. The van der Waals surface area contributed by atoms with Gasteiger partial charge in [-0.05, 0) is 135 Å². The van der Waals surface area contributed by atoms with Gasteiger partial charge in [0, 0.05) is 45.8 Å². The normalized spacial score (nSPS) is 23.5. The number of halogens is 1. The molecular formula is C45H49ClN4O4S. The number of carboxylic acid groups (broad SMARTS) is 1. The average molecular weight is 777 g/mol. The molecule has 286 valence electrons. The van der Waals surface area contributed by atoms with Gasteiger partial charge in [-0.3, -0.25) is 4.98 Å². The van der Waals surface area contributed by atoms with Crippen molar-refractivity contribution >= 4 is 34.6 Å². The first-order valence-electron chi connectivity index (χ1n) is 19.6. The Balaban J connectivity index is 1.03. The predicted molar refractivity (Wildman–Crippen MR) is 219 cm³/mol. The number of hydrogen-bond donors (Lipinski definition) is 2. The van der Waals surface area contributed by atoms with Crippen LogP contribution in [0.4, 0.5) is 5.69 Å². The lowest BCUT2D eigenvalue weighted by Crippen LogP contribution is -2.53. The summed E-state index contributed by atoms with van der Waals surface area (Å²) in [6.45, 7) is 7.57. The molecular weight excluding hydrogens is 728 g/mol. The van der Waals surface area contributed by atoms with Crippen LogP contribution in [0.5, 0.6) is 11.5 Å². The Labute approximate surface area is 332 Å². The molecule has 5 aromatic rings. The highest BCUT2D eigenvalue weighted by molar-refractivity contribution is 7.13. The van der Waals surface area contributed by atoms with Crippen molar-refractivity contribution in [1.29, 1.82) is 0 Å². The second kappa shape index (κ2) is 15.6. The van der Waals surface area contributed by atoms with Crippen molar-refractivity contribution < 1.29 is 19.4 Å². The van der Waals surface area contributed by atoms with E-state index in [2.05, 4.69) is 52.3 Å². The second-order valence-electron chi connectivity index (χ2n) is 16.1. The molecule has 1 fully saturated rings. The lowest BCUT2D eigenvalue weighted by molar-refractivity contribution is -0.144. The SMILES string of the molecule is Cc1nccc(-c2cc(OCc3ccc4c(c3)C3(CCC(Nc5cccc(Cl)c5)(C(=O)O)CC3)C(C[C@@H](C)COc3ccnc5c3[C@H](C)CCC5)C4)cs2)n1. The number of aromatic nitrogens is 3. The van der Waals surface area contributed by atoms with Gasteiger partial charge in [-0.15, -0.1) is 11.3 Å². The number of ether oxygens (including phenoxy) is 2. The Bertz CT molecular complexity index is 2180. The number of aryl methyl sites for hydroxylation is 2. The number of rotatable bonds is 12. The first-order valence-corrected chi connectivity index (χ1v) is 20.9. The highest BCUT2D eigenvalue weighted by Gasteiger charge is 2.54. The molecule has 1 saturated carbocycles. The summed E-state index contributed by atoms with van der Waals surface area (Å²) in [6, 6.07) is 20.2. The van der Waals surface area contributed by atoms with Crippen molar-refractivity contribution in [3.8, 4) is 22.1 Å². The van der Waals surface area contributed by atoms with Crippen molar-refractivity contribution in [2.75, 3.05) is 11.9 Å². The minimum Gasteiger partial charge on any atom is -0.493 e. The van der Waals surface area contributed by atoms with Crippen LogP contribution in [0.2, 0.25) is 5.02 Å². The zero-order chi connectivity index (χ0) is 38.2. The maximum absolute atomic E-state index is 13.1. The van der Waals surface area contributed by atoms with Gasteiger partial charge < -0.3 is 19.9 Å². The fraction of sp³-hybridized carbons (Fsp3) is 0.422. The van der Waals surface area contributed by atoms with E-state index >= 15 is 0 Å². The molecule has 10 heteroatoms. The van der Waals surface area contributed by atoms with Crippen LogP contribution in [0, 0.1) is 18.8 Å². The first kappa shape index (κ1) is 37.5. The molecule has 1 unspecified atom stereocenters. The highest BCUT2D eigenvalue weighted by atomic mass is 35.5. The molecule has 8 nitrogen and oxygen atoms in total. The monoisotopic (exact) mass is 776 g/mol. The molecule has 3 aliphatic rings. The lowest BCUT2D eigenvalue weighted by Gasteiger charge is -2.47. The van der Waals surface area contributed by atoms with Gasteiger partial charge in [0.2, 0.25) is 0 Å². The third-order valence-corrected chi connectivity index (χ3v) is 13.5. The Morgan fingerprint density at radius 3 is 2.69 bits per heavy atom. The van der Waals surface area contributed by atoms with E-state index in [4.69, 9.17) is 21.1 Å². The fourth-order valence-corrected chi connectivity index (χ4v) is 10.5. The summed E-state index contributed by atoms with van der Waals surface area (Å²) in [4.78, 5) is 27.6. The number of thiophene rings is 1. The molecule has 3 atom stereocenters. The molecule has 2 aromatic carbocycles. The van der Waals surface area contributed by atoms with Gasteiger partial charge in [0.25, 0.3) is 0 Å². The molecule has 0 aliphatic heterocycles.